The van der Waals surface area contributed by atoms with Crippen LogP contribution in [0, 0.1) is 6.92 Å². The number of carbonyl (C=O) groups is 1. The van der Waals surface area contributed by atoms with E-state index in [0.29, 0.717) is 22.4 Å². The lowest BCUT2D eigenvalue weighted by Gasteiger charge is -2.25. The minimum atomic E-state index is -0.331. The molecule has 1 unspecified atom stereocenters. The first-order chi connectivity index (χ1) is 15.4. The highest BCUT2D eigenvalue weighted by molar-refractivity contribution is 5.99. The van der Waals surface area contributed by atoms with E-state index in [9.17, 15) is 9.59 Å². The molecule has 0 saturated heterocycles. The molecule has 0 radical (unpaired) electrons. The summed E-state index contributed by atoms with van der Waals surface area (Å²) in [4.78, 5) is 28.7. The van der Waals surface area contributed by atoms with Crippen molar-refractivity contribution in [2.24, 2.45) is 0 Å². The average Bonchev–Trinajstić information content (AvgIpc) is 2.79. The summed E-state index contributed by atoms with van der Waals surface area (Å²) in [5, 5.41) is 3.52. The molecule has 1 aromatic heterocycles. The fourth-order valence-corrected chi connectivity index (χ4v) is 4.36. The third kappa shape index (κ3) is 4.02. The van der Waals surface area contributed by atoms with Crippen LogP contribution in [0.4, 0.5) is 0 Å². The Hall–Kier alpha value is -3.12. The quantitative estimate of drug-likeness (QED) is 0.440. The van der Waals surface area contributed by atoms with Crippen LogP contribution in [-0.4, -0.2) is 41.1 Å². The Morgan fingerprint density at radius 1 is 1.16 bits per heavy atom. The van der Waals surface area contributed by atoms with Crippen LogP contribution in [0.15, 0.2) is 47.4 Å². The molecule has 0 saturated carbocycles. The van der Waals surface area contributed by atoms with Gasteiger partial charge in [-0.3, -0.25) is 9.59 Å². The molecule has 1 aliphatic rings. The summed E-state index contributed by atoms with van der Waals surface area (Å²) in [6.45, 7) is 11.3. The molecule has 6 nitrogen and oxygen atoms in total. The van der Waals surface area contributed by atoms with Crippen LogP contribution in [0.2, 0.25) is 0 Å². The van der Waals surface area contributed by atoms with E-state index < -0.39 is 0 Å². The first-order valence-corrected chi connectivity index (χ1v) is 11.4. The number of carbonyl (C=O) groups excluding carboxylic acids is 1. The van der Waals surface area contributed by atoms with Gasteiger partial charge in [0.25, 0.3) is 5.91 Å². The molecular weight excluding hydrogens is 402 g/mol. The van der Waals surface area contributed by atoms with Crippen molar-refractivity contribution >= 4 is 16.8 Å². The van der Waals surface area contributed by atoms with Crippen LogP contribution >= 0.6 is 0 Å². The minimum Gasteiger partial charge on any atom is -0.453 e. The van der Waals surface area contributed by atoms with Crippen molar-refractivity contribution in [1.82, 2.24) is 14.8 Å². The van der Waals surface area contributed by atoms with Crippen molar-refractivity contribution in [1.29, 1.82) is 0 Å². The molecular formula is C26H31N3O3. The van der Waals surface area contributed by atoms with Gasteiger partial charge in [0.15, 0.2) is 11.5 Å². The van der Waals surface area contributed by atoms with Gasteiger partial charge in [0.1, 0.15) is 11.1 Å². The topological polar surface area (TPSA) is 63.6 Å². The lowest BCUT2D eigenvalue weighted by Crippen LogP contribution is -2.36. The van der Waals surface area contributed by atoms with E-state index in [2.05, 4.69) is 24.1 Å². The van der Waals surface area contributed by atoms with Gasteiger partial charge in [0, 0.05) is 12.2 Å². The van der Waals surface area contributed by atoms with Crippen molar-refractivity contribution in [3.8, 4) is 17.2 Å². The Labute approximate surface area is 188 Å². The molecule has 1 N–H and O–H groups in total. The van der Waals surface area contributed by atoms with Crippen molar-refractivity contribution in [2.75, 3.05) is 19.6 Å². The summed E-state index contributed by atoms with van der Waals surface area (Å²) in [5.74, 6) is 1.03. The Kier molecular flexibility index (Phi) is 6.33. The molecule has 1 atom stereocenters. The molecule has 0 bridgehead atoms. The Morgan fingerprint density at radius 2 is 1.91 bits per heavy atom. The van der Waals surface area contributed by atoms with Crippen molar-refractivity contribution < 1.29 is 9.53 Å². The van der Waals surface area contributed by atoms with Gasteiger partial charge in [-0.1, -0.05) is 32.0 Å². The molecule has 2 heterocycles. The fraction of sp³-hybridized carbons (Fsp3) is 0.385. The summed E-state index contributed by atoms with van der Waals surface area (Å²) in [5.41, 5.74) is 2.35. The van der Waals surface area contributed by atoms with Gasteiger partial charge in [0.2, 0.25) is 5.43 Å². The number of aryl methyl sites for hydroxylation is 1. The number of benzene rings is 2. The largest absolute Gasteiger partial charge is 0.453 e. The fourth-order valence-electron chi connectivity index (χ4n) is 4.36. The van der Waals surface area contributed by atoms with Gasteiger partial charge in [-0.25, -0.2) is 0 Å². The number of fused-ring (bicyclic) bond motifs is 2. The highest BCUT2D eigenvalue weighted by Crippen LogP contribution is 2.41. The van der Waals surface area contributed by atoms with E-state index in [1.807, 2.05) is 48.7 Å². The number of nitrogens with one attached hydrogen (secondary N) is 1. The Balaban J connectivity index is 1.65. The van der Waals surface area contributed by atoms with E-state index in [1.54, 1.807) is 12.3 Å². The normalized spacial score (nSPS) is 13.0. The summed E-state index contributed by atoms with van der Waals surface area (Å²) in [7, 11) is 0. The predicted octanol–water partition coefficient (Wildman–Crippen LogP) is 4.65. The molecule has 32 heavy (non-hydrogen) atoms. The first kappa shape index (κ1) is 22.1. The highest BCUT2D eigenvalue weighted by atomic mass is 16.5. The van der Waals surface area contributed by atoms with Crippen molar-refractivity contribution in [2.45, 2.75) is 46.6 Å². The van der Waals surface area contributed by atoms with Gasteiger partial charge >= 0.3 is 0 Å². The summed E-state index contributed by atoms with van der Waals surface area (Å²) < 4.78 is 8.03. The molecule has 2 aromatic carbocycles. The number of hydrogen-bond donors (Lipinski definition) is 1. The number of rotatable bonds is 8. The monoisotopic (exact) mass is 433 g/mol. The molecule has 0 aliphatic carbocycles. The van der Waals surface area contributed by atoms with Crippen LogP contribution < -0.4 is 15.5 Å². The van der Waals surface area contributed by atoms with E-state index in [-0.39, 0.29) is 22.9 Å². The molecule has 0 spiro atoms. The van der Waals surface area contributed by atoms with Crippen LogP contribution in [0.25, 0.3) is 16.6 Å². The lowest BCUT2D eigenvalue weighted by molar-refractivity contribution is 0.0935. The van der Waals surface area contributed by atoms with E-state index in [1.165, 1.54) is 0 Å². The Morgan fingerprint density at radius 3 is 2.66 bits per heavy atom. The number of pyridine rings is 1. The predicted molar refractivity (Wildman–Crippen MR) is 128 cm³/mol. The van der Waals surface area contributed by atoms with Crippen LogP contribution in [0.5, 0.6) is 11.5 Å². The maximum Gasteiger partial charge on any atom is 0.256 e. The Bertz CT molecular complexity index is 1210. The minimum absolute atomic E-state index is 0.0151. The third-order valence-corrected chi connectivity index (χ3v) is 6.28. The first-order valence-electron chi connectivity index (χ1n) is 11.4. The summed E-state index contributed by atoms with van der Waals surface area (Å²) in [6.07, 6.45) is 3.52. The van der Waals surface area contributed by atoms with Crippen molar-refractivity contribution in [3.63, 3.8) is 0 Å². The molecule has 3 aromatic rings. The number of hydrogen-bond acceptors (Lipinski definition) is 4. The smallest absolute Gasteiger partial charge is 0.256 e. The number of amides is 1. The van der Waals surface area contributed by atoms with Gasteiger partial charge in [-0.2, -0.15) is 0 Å². The number of ether oxygens (including phenoxy) is 1. The van der Waals surface area contributed by atoms with Gasteiger partial charge in [-0.05, 0) is 70.1 Å². The number of nitrogens with zero attached hydrogens (tertiary/aromatic N) is 2. The third-order valence-electron chi connectivity index (χ3n) is 6.28. The second-order valence-electron chi connectivity index (χ2n) is 8.46. The van der Waals surface area contributed by atoms with Crippen LogP contribution in [-0.2, 0) is 0 Å². The van der Waals surface area contributed by atoms with Crippen molar-refractivity contribution in [3.05, 3.63) is 63.9 Å². The maximum atomic E-state index is 13.3. The van der Waals surface area contributed by atoms with Crippen LogP contribution in [0.1, 0.15) is 49.5 Å². The second-order valence-corrected chi connectivity index (χ2v) is 8.46. The number of aromatic nitrogens is 1. The zero-order chi connectivity index (χ0) is 22.8. The molecule has 0 fully saturated rings. The molecule has 1 aliphatic heterocycles. The zero-order valence-corrected chi connectivity index (χ0v) is 19.3. The summed E-state index contributed by atoms with van der Waals surface area (Å²) in [6, 6.07) is 11.3. The van der Waals surface area contributed by atoms with Gasteiger partial charge < -0.3 is 19.5 Å². The lowest BCUT2D eigenvalue weighted by atomic mass is 10.0. The molecule has 1 amide bonds. The van der Waals surface area contributed by atoms with Gasteiger partial charge in [0.05, 0.1) is 11.1 Å². The van der Waals surface area contributed by atoms with Crippen LogP contribution in [0.3, 0.4) is 0 Å². The zero-order valence-electron chi connectivity index (χ0n) is 19.3. The second kappa shape index (κ2) is 9.17. The number of para-hydroxylation sites is 2. The SMILES string of the molecule is CCN(CC)CCCC(C)NC(=O)c1cn2c3c(c(C)ccc3c1=O)Oc1ccccc1-2. The molecule has 6 heteroatoms. The maximum absolute atomic E-state index is 13.3. The van der Waals surface area contributed by atoms with Gasteiger partial charge in [-0.15, -0.1) is 0 Å². The van der Waals surface area contributed by atoms with E-state index in [0.717, 1.165) is 43.7 Å². The van der Waals surface area contributed by atoms with E-state index >= 15 is 0 Å². The van der Waals surface area contributed by atoms with E-state index in [4.69, 9.17) is 4.74 Å². The average molecular weight is 434 g/mol. The highest BCUT2D eigenvalue weighted by Gasteiger charge is 2.25. The molecule has 168 valence electrons. The molecule has 4 rings (SSSR count). The summed E-state index contributed by atoms with van der Waals surface area (Å²) >= 11 is 0. The standard InChI is InChI=1S/C26H31N3O3/c1-5-28(6-2)15-9-10-18(4)27-26(31)20-16-29-21-11-7-8-12-22(21)32-25-17(3)13-14-19(23(25)29)24(20)30/h7-8,11-14,16,18H,5-6,9-10,15H2,1-4H3,(H,27,31).